The van der Waals surface area contributed by atoms with Crippen LogP contribution in [-0.2, 0) is 24.5 Å². The number of hydrogen-bond acceptors (Lipinski definition) is 6. The molecule has 1 aromatic carbocycles. The molecule has 0 aliphatic carbocycles. The van der Waals surface area contributed by atoms with Crippen molar-refractivity contribution < 1.29 is 31.4 Å². The summed E-state index contributed by atoms with van der Waals surface area (Å²) in [5, 5.41) is 1.02. The zero-order chi connectivity index (χ0) is 20.2. The molecule has 146 valence electrons. The van der Waals surface area contributed by atoms with E-state index in [4.69, 9.17) is 0 Å². The molecule has 0 radical (unpaired) electrons. The van der Waals surface area contributed by atoms with Crippen LogP contribution in [0.15, 0.2) is 30.3 Å². The second-order valence-corrected chi connectivity index (χ2v) is 7.52. The van der Waals surface area contributed by atoms with Crippen molar-refractivity contribution in [3.63, 3.8) is 0 Å². The zero-order valence-electron chi connectivity index (χ0n) is 14.7. The van der Waals surface area contributed by atoms with Crippen LogP contribution in [0.25, 0.3) is 6.08 Å². The molecule has 1 aromatic rings. The van der Waals surface area contributed by atoms with E-state index in [1.807, 2.05) is 0 Å². The number of halogens is 1. The lowest BCUT2D eigenvalue weighted by atomic mass is 10.1. The first-order valence-corrected chi connectivity index (χ1v) is 9.44. The number of amides is 2. The lowest BCUT2D eigenvalue weighted by Crippen LogP contribution is -2.40. The second-order valence-electron chi connectivity index (χ2n) is 5.90. The van der Waals surface area contributed by atoms with Gasteiger partial charge in [-0.05, 0) is 30.2 Å². The summed E-state index contributed by atoms with van der Waals surface area (Å²) in [6.07, 6.45) is 2.24. The molecule has 1 aliphatic heterocycles. The maximum atomic E-state index is 13.3. The minimum atomic E-state index is -4.89. The molecule has 0 saturated carbocycles. The molecule has 2 unspecified atom stereocenters. The van der Waals surface area contributed by atoms with Crippen molar-refractivity contribution in [3.8, 4) is 0 Å². The molecule has 1 N–H and O–H groups in total. The van der Waals surface area contributed by atoms with Crippen molar-refractivity contribution in [1.29, 1.82) is 0 Å². The highest BCUT2D eigenvalue weighted by Crippen LogP contribution is 2.26. The van der Waals surface area contributed by atoms with Crippen molar-refractivity contribution in [2.45, 2.75) is 17.7 Å². The van der Waals surface area contributed by atoms with Gasteiger partial charge in [-0.2, -0.15) is 8.42 Å². The fraction of sp³-hybridized carbons (Fsp3) is 0.353. The third-order valence-electron chi connectivity index (χ3n) is 4.24. The predicted octanol–water partition coefficient (Wildman–Crippen LogP) is 0.501. The van der Waals surface area contributed by atoms with E-state index in [9.17, 15) is 26.7 Å². The first-order valence-electron chi connectivity index (χ1n) is 7.99. The van der Waals surface area contributed by atoms with E-state index in [2.05, 4.69) is 10.1 Å². The summed E-state index contributed by atoms with van der Waals surface area (Å²) in [6, 6.07) is 5.21. The van der Waals surface area contributed by atoms with Gasteiger partial charge in [0.05, 0.1) is 7.11 Å². The Labute approximate surface area is 156 Å². The summed E-state index contributed by atoms with van der Waals surface area (Å²) in [5.41, 5.74) is 1.06. The van der Waals surface area contributed by atoms with Crippen LogP contribution in [0.2, 0.25) is 0 Å². The highest BCUT2D eigenvalue weighted by atomic mass is 32.3. The van der Waals surface area contributed by atoms with Crippen LogP contribution >= 0.6 is 0 Å². The van der Waals surface area contributed by atoms with Gasteiger partial charge in [-0.1, -0.05) is 12.1 Å². The molecule has 1 heterocycles. The molecular formula is C17H19FN2O6S. The largest absolute Gasteiger partial charge is 0.467 e. The van der Waals surface area contributed by atoms with Crippen molar-refractivity contribution in [3.05, 3.63) is 41.5 Å². The van der Waals surface area contributed by atoms with Crippen molar-refractivity contribution in [1.82, 2.24) is 10.2 Å². The van der Waals surface area contributed by atoms with Crippen LogP contribution in [0.1, 0.15) is 22.3 Å². The van der Waals surface area contributed by atoms with Crippen LogP contribution in [0.4, 0.5) is 3.89 Å². The maximum absolute atomic E-state index is 13.3. The van der Waals surface area contributed by atoms with Crippen molar-refractivity contribution in [2.24, 2.45) is 0 Å². The number of nitrogens with one attached hydrogen (secondary N) is 1. The first-order chi connectivity index (χ1) is 12.7. The molecule has 0 aromatic heterocycles. The number of carbonyl (C=O) groups is 3. The smallest absolute Gasteiger partial charge is 0.328 e. The van der Waals surface area contributed by atoms with Gasteiger partial charge < -0.3 is 15.0 Å². The van der Waals surface area contributed by atoms with Gasteiger partial charge in [0.25, 0.3) is 5.91 Å². The lowest BCUT2D eigenvalue weighted by Gasteiger charge is -2.20. The summed E-state index contributed by atoms with van der Waals surface area (Å²) >= 11 is 0. The minimum absolute atomic E-state index is 0.252. The number of rotatable bonds is 5. The lowest BCUT2D eigenvalue weighted by molar-refractivity contribution is -0.149. The van der Waals surface area contributed by atoms with Gasteiger partial charge in [0.2, 0.25) is 5.91 Å². The fourth-order valence-electron chi connectivity index (χ4n) is 2.76. The van der Waals surface area contributed by atoms with Crippen LogP contribution in [0, 0.1) is 0 Å². The maximum Gasteiger partial charge on any atom is 0.328 e. The van der Waals surface area contributed by atoms with Gasteiger partial charge in [-0.15, -0.1) is 3.89 Å². The summed E-state index contributed by atoms with van der Waals surface area (Å²) in [7, 11) is -2.28. The quantitative estimate of drug-likeness (QED) is 0.439. The normalized spacial score (nSPS) is 19.9. The van der Waals surface area contributed by atoms with Crippen LogP contribution in [-0.4, -0.2) is 63.1 Å². The molecule has 1 aliphatic rings. The fourth-order valence-corrected chi connectivity index (χ4v) is 3.51. The average molecular weight is 398 g/mol. The molecule has 0 spiro atoms. The number of hydrogen-bond donors (Lipinski definition) is 1. The standard InChI is InChI=1S/C17H19FN2O6S/c1-19-16(22)12-6-3-11(4-7-12)5-8-15(21)20-10-13(27(18,24)25)9-14(20)17(23)26-2/h3-8,13-14H,9-10H2,1-2H3,(H,19,22)/b8-5+. The van der Waals surface area contributed by atoms with Crippen LogP contribution in [0.5, 0.6) is 0 Å². The van der Waals surface area contributed by atoms with E-state index in [1.165, 1.54) is 13.1 Å². The Morgan fingerprint density at radius 2 is 1.89 bits per heavy atom. The minimum Gasteiger partial charge on any atom is -0.467 e. The Kier molecular flexibility index (Phi) is 6.32. The van der Waals surface area contributed by atoms with E-state index in [0.717, 1.165) is 18.1 Å². The Balaban J connectivity index is 2.15. The van der Waals surface area contributed by atoms with Gasteiger partial charge in [-0.25, -0.2) is 4.79 Å². The molecule has 0 bridgehead atoms. The molecule has 2 atom stereocenters. The number of benzene rings is 1. The third kappa shape index (κ3) is 4.91. The number of methoxy groups -OCH3 is 1. The zero-order valence-corrected chi connectivity index (χ0v) is 15.5. The SMILES string of the molecule is CNC(=O)c1ccc(/C=C/C(=O)N2CC(S(=O)(=O)F)CC2C(=O)OC)cc1. The van der Waals surface area contributed by atoms with Gasteiger partial charge in [0.15, 0.2) is 0 Å². The summed E-state index contributed by atoms with van der Waals surface area (Å²) in [5.74, 6) is -1.71. The van der Waals surface area contributed by atoms with Crippen molar-refractivity contribution >= 4 is 34.1 Å². The van der Waals surface area contributed by atoms with Gasteiger partial charge in [0, 0.05) is 25.2 Å². The highest BCUT2D eigenvalue weighted by molar-refractivity contribution is 7.87. The van der Waals surface area contributed by atoms with Gasteiger partial charge >= 0.3 is 16.2 Å². The van der Waals surface area contributed by atoms with E-state index < -0.39 is 39.9 Å². The summed E-state index contributed by atoms with van der Waals surface area (Å²) < 4.78 is 40.1. The predicted molar refractivity (Wildman–Crippen MR) is 94.8 cm³/mol. The van der Waals surface area contributed by atoms with Gasteiger partial charge in [-0.3, -0.25) is 9.59 Å². The molecular weight excluding hydrogens is 379 g/mol. The van der Waals surface area contributed by atoms with Crippen molar-refractivity contribution in [2.75, 3.05) is 20.7 Å². The number of esters is 1. The third-order valence-corrected chi connectivity index (χ3v) is 5.37. The average Bonchev–Trinajstić information content (AvgIpc) is 3.11. The molecule has 27 heavy (non-hydrogen) atoms. The van der Waals surface area contributed by atoms with Crippen LogP contribution in [0.3, 0.4) is 0 Å². The number of ether oxygens (including phenoxy) is 1. The number of carbonyl (C=O) groups excluding carboxylic acids is 3. The molecule has 1 fully saturated rings. The molecule has 10 heteroatoms. The number of likely N-dealkylation sites (tertiary alicyclic amines) is 1. The summed E-state index contributed by atoms with van der Waals surface area (Å²) in [4.78, 5) is 36.7. The Hall–Kier alpha value is -2.75. The Bertz CT molecular complexity index is 866. The number of nitrogens with zero attached hydrogens (tertiary/aromatic N) is 1. The topological polar surface area (TPSA) is 110 Å². The van der Waals surface area contributed by atoms with Gasteiger partial charge in [0.1, 0.15) is 11.3 Å². The molecule has 8 nitrogen and oxygen atoms in total. The molecule has 2 amide bonds. The van der Waals surface area contributed by atoms with E-state index in [0.29, 0.717) is 11.1 Å². The Morgan fingerprint density at radius 3 is 2.41 bits per heavy atom. The molecule has 2 rings (SSSR count). The highest BCUT2D eigenvalue weighted by Gasteiger charge is 2.45. The van der Waals surface area contributed by atoms with E-state index in [-0.39, 0.29) is 12.3 Å². The second kappa shape index (κ2) is 8.30. The molecule has 1 saturated heterocycles. The summed E-state index contributed by atoms with van der Waals surface area (Å²) in [6.45, 7) is -0.433. The monoisotopic (exact) mass is 398 g/mol. The van der Waals surface area contributed by atoms with E-state index >= 15 is 0 Å². The van der Waals surface area contributed by atoms with Crippen LogP contribution < -0.4 is 5.32 Å². The van der Waals surface area contributed by atoms with E-state index in [1.54, 1.807) is 24.3 Å². The Morgan fingerprint density at radius 1 is 1.26 bits per heavy atom. The first kappa shape index (κ1) is 20.6.